The fourth-order valence-corrected chi connectivity index (χ4v) is 2.08. The molecule has 2 N–H and O–H groups in total. The Labute approximate surface area is 122 Å². The number of rotatable bonds is 6. The first-order valence-electron chi connectivity index (χ1n) is 6.87. The number of benzene rings is 1. The molecule has 0 aliphatic carbocycles. The Balaban J connectivity index is 2.18. The minimum absolute atomic E-state index is 0.0787. The van der Waals surface area contributed by atoms with Crippen molar-refractivity contribution in [2.75, 3.05) is 19.7 Å². The van der Waals surface area contributed by atoms with Crippen molar-refractivity contribution in [3.05, 3.63) is 41.8 Å². The van der Waals surface area contributed by atoms with Crippen molar-refractivity contribution in [3.63, 3.8) is 0 Å². The van der Waals surface area contributed by atoms with Crippen molar-refractivity contribution in [2.24, 2.45) is 0 Å². The molecule has 5 nitrogen and oxygen atoms in total. The van der Waals surface area contributed by atoms with Crippen LogP contribution in [0, 0.1) is 5.82 Å². The lowest BCUT2D eigenvalue weighted by Gasteiger charge is -2.19. The maximum Gasteiger partial charge on any atom is 0.271 e. The first kappa shape index (κ1) is 15.2. The number of nitrogens with one attached hydrogen (secondary N) is 1. The number of carbonyl (C=O) groups is 1. The number of H-pyrrole nitrogens is 1. The van der Waals surface area contributed by atoms with Crippen LogP contribution in [0.25, 0.3) is 11.3 Å². The molecule has 1 amide bonds. The molecule has 6 heteroatoms. The molecule has 0 radical (unpaired) electrons. The van der Waals surface area contributed by atoms with E-state index in [1.165, 1.54) is 12.1 Å². The average Bonchev–Trinajstić information content (AvgIpc) is 2.97. The number of aliphatic hydroxyl groups excluding tert-OH is 1. The summed E-state index contributed by atoms with van der Waals surface area (Å²) < 4.78 is 12.9. The van der Waals surface area contributed by atoms with Gasteiger partial charge in [-0.05, 0) is 36.8 Å². The molecular weight excluding hydrogens is 273 g/mol. The van der Waals surface area contributed by atoms with Crippen molar-refractivity contribution in [1.82, 2.24) is 15.1 Å². The summed E-state index contributed by atoms with van der Waals surface area (Å²) in [6.07, 6.45) is 0.810. The van der Waals surface area contributed by atoms with Crippen LogP contribution in [-0.2, 0) is 0 Å². The van der Waals surface area contributed by atoms with Crippen molar-refractivity contribution in [2.45, 2.75) is 13.3 Å². The highest BCUT2D eigenvalue weighted by Gasteiger charge is 2.17. The molecule has 0 saturated carbocycles. The molecule has 0 aliphatic heterocycles. The Hall–Kier alpha value is -2.21. The van der Waals surface area contributed by atoms with Gasteiger partial charge >= 0.3 is 0 Å². The van der Waals surface area contributed by atoms with Gasteiger partial charge in [0.25, 0.3) is 5.91 Å². The molecule has 0 fully saturated rings. The largest absolute Gasteiger partial charge is 0.395 e. The minimum atomic E-state index is -0.317. The van der Waals surface area contributed by atoms with Gasteiger partial charge in [-0.1, -0.05) is 6.92 Å². The summed E-state index contributed by atoms with van der Waals surface area (Å²) in [5.41, 5.74) is 1.67. The van der Waals surface area contributed by atoms with Crippen molar-refractivity contribution >= 4 is 5.91 Å². The van der Waals surface area contributed by atoms with E-state index in [0.29, 0.717) is 17.9 Å². The molecule has 0 atom stereocenters. The predicted octanol–water partition coefficient (Wildman–Crippen LogP) is 2.06. The summed E-state index contributed by atoms with van der Waals surface area (Å²) in [7, 11) is 0. The lowest BCUT2D eigenvalue weighted by molar-refractivity contribution is 0.0716. The first-order chi connectivity index (χ1) is 10.2. The molecular formula is C15H18FN3O2. The van der Waals surface area contributed by atoms with Gasteiger partial charge in [0.1, 0.15) is 11.5 Å². The SMILES string of the molecule is CCCN(CCO)C(=O)c1cc(-c2ccc(F)cc2)n[nH]1. The van der Waals surface area contributed by atoms with Crippen LogP contribution in [-0.4, -0.2) is 45.8 Å². The van der Waals surface area contributed by atoms with Crippen LogP contribution in [0.2, 0.25) is 0 Å². The third-order valence-corrected chi connectivity index (χ3v) is 3.10. The molecule has 0 spiro atoms. The molecule has 1 aromatic carbocycles. The number of nitrogens with zero attached hydrogens (tertiary/aromatic N) is 2. The van der Waals surface area contributed by atoms with Gasteiger partial charge in [0.05, 0.1) is 12.3 Å². The third kappa shape index (κ3) is 3.66. The maximum absolute atomic E-state index is 12.9. The second-order valence-corrected chi connectivity index (χ2v) is 4.69. The van der Waals surface area contributed by atoms with Gasteiger partial charge in [0, 0.05) is 18.7 Å². The molecule has 1 heterocycles. The Morgan fingerprint density at radius 2 is 2.05 bits per heavy atom. The number of aromatic amines is 1. The highest BCUT2D eigenvalue weighted by Crippen LogP contribution is 2.18. The van der Waals surface area contributed by atoms with E-state index in [9.17, 15) is 9.18 Å². The monoisotopic (exact) mass is 291 g/mol. The highest BCUT2D eigenvalue weighted by atomic mass is 19.1. The minimum Gasteiger partial charge on any atom is -0.395 e. The molecule has 1 aromatic heterocycles. The van der Waals surface area contributed by atoms with Gasteiger partial charge < -0.3 is 10.0 Å². The van der Waals surface area contributed by atoms with E-state index in [1.807, 2.05) is 6.92 Å². The van der Waals surface area contributed by atoms with E-state index >= 15 is 0 Å². The van der Waals surface area contributed by atoms with Crippen LogP contribution in [0.5, 0.6) is 0 Å². The Morgan fingerprint density at radius 1 is 1.33 bits per heavy atom. The van der Waals surface area contributed by atoms with Gasteiger partial charge in [-0.3, -0.25) is 9.89 Å². The molecule has 2 aromatic rings. The molecule has 2 rings (SSSR count). The molecule has 0 aliphatic rings. The van der Waals surface area contributed by atoms with E-state index in [-0.39, 0.29) is 24.9 Å². The zero-order chi connectivity index (χ0) is 15.2. The summed E-state index contributed by atoms with van der Waals surface area (Å²) in [4.78, 5) is 13.9. The maximum atomic E-state index is 12.9. The topological polar surface area (TPSA) is 69.2 Å². The van der Waals surface area contributed by atoms with Gasteiger partial charge in [-0.2, -0.15) is 5.10 Å². The van der Waals surface area contributed by atoms with Crippen LogP contribution in [0.1, 0.15) is 23.8 Å². The van der Waals surface area contributed by atoms with Crippen LogP contribution < -0.4 is 0 Å². The molecule has 0 saturated heterocycles. The lowest BCUT2D eigenvalue weighted by Crippen LogP contribution is -2.34. The second kappa shape index (κ2) is 6.99. The van der Waals surface area contributed by atoms with Gasteiger partial charge in [-0.25, -0.2) is 4.39 Å². The molecule has 21 heavy (non-hydrogen) atoms. The summed E-state index contributed by atoms with van der Waals surface area (Å²) in [5.74, 6) is -0.519. The fraction of sp³-hybridized carbons (Fsp3) is 0.333. The first-order valence-corrected chi connectivity index (χ1v) is 6.87. The third-order valence-electron chi connectivity index (χ3n) is 3.10. The summed E-state index contributed by atoms with van der Waals surface area (Å²) >= 11 is 0. The van der Waals surface area contributed by atoms with Crippen LogP contribution in [0.15, 0.2) is 30.3 Å². The van der Waals surface area contributed by atoms with E-state index in [4.69, 9.17) is 5.11 Å². The fourth-order valence-electron chi connectivity index (χ4n) is 2.08. The second-order valence-electron chi connectivity index (χ2n) is 4.69. The summed E-state index contributed by atoms with van der Waals surface area (Å²) in [6.45, 7) is 2.75. The quantitative estimate of drug-likeness (QED) is 0.856. The number of hydrogen-bond donors (Lipinski definition) is 2. The number of amides is 1. The van der Waals surface area contributed by atoms with Crippen molar-refractivity contribution < 1.29 is 14.3 Å². The molecule has 0 unspecified atom stereocenters. The number of carbonyl (C=O) groups excluding carboxylic acids is 1. The van der Waals surface area contributed by atoms with Crippen LogP contribution in [0.4, 0.5) is 4.39 Å². The highest BCUT2D eigenvalue weighted by molar-refractivity contribution is 5.93. The van der Waals surface area contributed by atoms with Crippen LogP contribution in [0.3, 0.4) is 0 Å². The molecule has 112 valence electrons. The Kier molecular flexibility index (Phi) is 5.05. The van der Waals surface area contributed by atoms with E-state index in [1.54, 1.807) is 23.1 Å². The van der Waals surface area contributed by atoms with E-state index in [0.717, 1.165) is 12.0 Å². The van der Waals surface area contributed by atoms with E-state index < -0.39 is 0 Å². The predicted molar refractivity (Wildman–Crippen MR) is 77.3 cm³/mol. The smallest absolute Gasteiger partial charge is 0.271 e. The van der Waals surface area contributed by atoms with Gasteiger partial charge in [0.2, 0.25) is 0 Å². The van der Waals surface area contributed by atoms with Gasteiger partial charge in [-0.15, -0.1) is 0 Å². The number of aliphatic hydroxyl groups is 1. The Morgan fingerprint density at radius 3 is 2.67 bits per heavy atom. The van der Waals surface area contributed by atoms with Crippen LogP contribution >= 0.6 is 0 Å². The van der Waals surface area contributed by atoms with E-state index in [2.05, 4.69) is 10.2 Å². The van der Waals surface area contributed by atoms with Crippen molar-refractivity contribution in [3.8, 4) is 11.3 Å². The number of halogens is 1. The zero-order valence-corrected chi connectivity index (χ0v) is 11.8. The molecule has 0 bridgehead atoms. The number of hydrogen-bond acceptors (Lipinski definition) is 3. The van der Waals surface area contributed by atoms with Crippen molar-refractivity contribution in [1.29, 1.82) is 0 Å². The Bertz CT molecular complexity index is 589. The normalized spacial score (nSPS) is 10.6. The summed E-state index contributed by atoms with van der Waals surface area (Å²) in [5, 5.41) is 15.8. The summed E-state index contributed by atoms with van der Waals surface area (Å²) in [6, 6.07) is 7.55. The average molecular weight is 291 g/mol. The standard InChI is InChI=1S/C15H18FN3O2/c1-2-7-19(8-9-20)15(21)14-10-13(17-18-14)11-3-5-12(16)6-4-11/h3-6,10,20H,2,7-9H2,1H3,(H,17,18). The van der Waals surface area contributed by atoms with Gasteiger partial charge in [0.15, 0.2) is 0 Å². The zero-order valence-electron chi connectivity index (χ0n) is 11.8. The number of aromatic nitrogens is 2. The lowest BCUT2D eigenvalue weighted by atomic mass is 10.1.